The molecule has 6 nitrogen and oxygen atoms in total. The molecular weight excluding hydrogens is 460 g/mol. The van der Waals surface area contributed by atoms with Crippen LogP contribution in [-0.4, -0.2) is 45.5 Å². The maximum atomic E-state index is 12.6. The lowest BCUT2D eigenvalue weighted by Gasteiger charge is -2.18. The minimum atomic E-state index is 0.282. The summed E-state index contributed by atoms with van der Waals surface area (Å²) in [5, 5.41) is 1.21. The molecule has 1 N–H and O–H groups in total. The first-order valence-corrected chi connectivity index (χ1v) is 13.2. The van der Waals surface area contributed by atoms with Crippen molar-refractivity contribution in [3.8, 4) is 28.3 Å². The van der Waals surface area contributed by atoms with E-state index in [4.69, 9.17) is 9.72 Å². The standard InChI is InChI=1S/C31H30N4O2/c1-37-28-4-2-3-27-29(28)33-30(35(27)19-20-14-16-34(18-20)31(36)23-9-10-23)22-7-5-21(6-8-22)24-11-12-26-25(17-24)13-15-32-26/h2-8,11-13,15,17,20,23,32H,9-10,14,16,18-19H2,1H3. The Morgan fingerprint density at radius 3 is 2.62 bits per heavy atom. The van der Waals surface area contributed by atoms with E-state index in [1.54, 1.807) is 7.11 Å². The SMILES string of the molecule is COc1cccc2c1nc(-c1ccc(-c3ccc4[nH]ccc4c3)cc1)n2CC1CCN(C(=O)C2CC2)C1. The fourth-order valence-electron chi connectivity index (χ4n) is 5.76. The average Bonchev–Trinajstić information content (AvgIpc) is 3.32. The molecule has 3 heterocycles. The zero-order valence-corrected chi connectivity index (χ0v) is 21.0. The molecule has 1 aliphatic carbocycles. The van der Waals surface area contributed by atoms with Gasteiger partial charge in [-0.3, -0.25) is 4.79 Å². The number of imidazole rings is 1. The minimum absolute atomic E-state index is 0.282. The van der Waals surface area contributed by atoms with E-state index in [9.17, 15) is 4.79 Å². The molecule has 186 valence electrons. The van der Waals surface area contributed by atoms with Crippen molar-refractivity contribution in [1.82, 2.24) is 19.4 Å². The predicted molar refractivity (Wildman–Crippen MR) is 146 cm³/mol. The molecule has 7 rings (SSSR count). The number of nitrogens with zero attached hydrogens (tertiary/aromatic N) is 3. The number of amides is 1. The Hall–Kier alpha value is -4.06. The number of aromatic nitrogens is 3. The first-order valence-electron chi connectivity index (χ1n) is 13.2. The third kappa shape index (κ3) is 3.97. The van der Waals surface area contributed by atoms with Crippen LogP contribution in [0.1, 0.15) is 19.3 Å². The van der Waals surface area contributed by atoms with E-state index in [1.807, 2.05) is 18.3 Å². The van der Waals surface area contributed by atoms with Gasteiger partial charge < -0.3 is 19.2 Å². The molecule has 37 heavy (non-hydrogen) atoms. The van der Waals surface area contributed by atoms with Crippen LogP contribution in [0.25, 0.3) is 44.5 Å². The Balaban J connectivity index is 1.23. The number of H-pyrrole nitrogens is 1. The van der Waals surface area contributed by atoms with E-state index in [0.29, 0.717) is 11.8 Å². The van der Waals surface area contributed by atoms with Crippen LogP contribution in [-0.2, 0) is 11.3 Å². The summed E-state index contributed by atoms with van der Waals surface area (Å²) < 4.78 is 7.99. The largest absolute Gasteiger partial charge is 0.494 e. The zero-order valence-electron chi connectivity index (χ0n) is 21.0. The molecule has 1 unspecified atom stereocenters. The summed E-state index contributed by atoms with van der Waals surface area (Å²) in [7, 11) is 1.70. The maximum absolute atomic E-state index is 12.6. The number of carbonyl (C=O) groups is 1. The van der Waals surface area contributed by atoms with Gasteiger partial charge >= 0.3 is 0 Å². The van der Waals surface area contributed by atoms with Gasteiger partial charge in [0, 0.05) is 42.8 Å². The van der Waals surface area contributed by atoms with Gasteiger partial charge in [0.15, 0.2) is 0 Å². The molecule has 0 radical (unpaired) electrons. The zero-order chi connectivity index (χ0) is 24.9. The molecule has 5 aromatic rings. The summed E-state index contributed by atoms with van der Waals surface area (Å²) in [4.78, 5) is 23.1. The monoisotopic (exact) mass is 490 g/mol. The van der Waals surface area contributed by atoms with E-state index in [2.05, 4.69) is 69.0 Å². The normalized spacial score (nSPS) is 17.6. The number of likely N-dealkylation sites (tertiary alicyclic amines) is 1. The molecule has 1 atom stereocenters. The first kappa shape index (κ1) is 22.2. The lowest BCUT2D eigenvalue weighted by molar-refractivity contribution is -0.131. The van der Waals surface area contributed by atoms with E-state index in [-0.39, 0.29) is 5.92 Å². The molecule has 2 aromatic heterocycles. The molecule has 1 saturated heterocycles. The van der Waals surface area contributed by atoms with E-state index in [0.717, 1.165) is 72.6 Å². The van der Waals surface area contributed by atoms with E-state index >= 15 is 0 Å². The lowest BCUT2D eigenvalue weighted by atomic mass is 10.0. The Morgan fingerprint density at radius 2 is 1.81 bits per heavy atom. The summed E-state index contributed by atoms with van der Waals surface area (Å²) >= 11 is 0. The van der Waals surface area contributed by atoms with Crippen molar-refractivity contribution in [2.24, 2.45) is 11.8 Å². The Labute approximate surface area is 215 Å². The number of benzene rings is 3. The van der Waals surface area contributed by atoms with Gasteiger partial charge in [-0.1, -0.05) is 36.4 Å². The number of nitrogens with one attached hydrogen (secondary N) is 1. The number of hydrogen-bond donors (Lipinski definition) is 1. The molecular formula is C31H30N4O2. The van der Waals surface area contributed by atoms with Gasteiger partial charge in [0.1, 0.15) is 17.1 Å². The van der Waals surface area contributed by atoms with Gasteiger partial charge in [0.05, 0.1) is 12.6 Å². The van der Waals surface area contributed by atoms with Crippen LogP contribution < -0.4 is 4.74 Å². The number of carbonyl (C=O) groups excluding carboxylic acids is 1. The van der Waals surface area contributed by atoms with Crippen LogP contribution in [0.2, 0.25) is 0 Å². The van der Waals surface area contributed by atoms with Crippen molar-refractivity contribution >= 4 is 27.8 Å². The third-order valence-corrected chi connectivity index (χ3v) is 7.96. The Morgan fingerprint density at radius 1 is 1.00 bits per heavy atom. The van der Waals surface area contributed by atoms with Crippen molar-refractivity contribution in [1.29, 1.82) is 0 Å². The van der Waals surface area contributed by atoms with Crippen molar-refractivity contribution in [2.75, 3.05) is 20.2 Å². The lowest BCUT2D eigenvalue weighted by Crippen LogP contribution is -2.30. The number of hydrogen-bond acceptors (Lipinski definition) is 3. The van der Waals surface area contributed by atoms with Crippen LogP contribution in [0.5, 0.6) is 5.75 Å². The highest BCUT2D eigenvalue weighted by Gasteiger charge is 2.36. The van der Waals surface area contributed by atoms with Crippen LogP contribution in [0.15, 0.2) is 72.9 Å². The smallest absolute Gasteiger partial charge is 0.225 e. The van der Waals surface area contributed by atoms with Gasteiger partial charge in [-0.15, -0.1) is 0 Å². The van der Waals surface area contributed by atoms with Crippen LogP contribution in [0.3, 0.4) is 0 Å². The summed E-state index contributed by atoms with van der Waals surface area (Å²) in [6.45, 7) is 2.53. The first-order chi connectivity index (χ1) is 18.2. The van der Waals surface area contributed by atoms with Crippen molar-refractivity contribution in [3.05, 3.63) is 72.9 Å². The molecule has 2 aliphatic rings. The summed E-state index contributed by atoms with van der Waals surface area (Å²) in [6.07, 6.45) is 5.13. The fraction of sp³-hybridized carbons (Fsp3) is 0.290. The van der Waals surface area contributed by atoms with Crippen LogP contribution in [0, 0.1) is 11.8 Å². The molecule has 0 bridgehead atoms. The average molecular weight is 491 g/mol. The number of rotatable bonds is 6. The molecule has 0 spiro atoms. The quantitative estimate of drug-likeness (QED) is 0.312. The van der Waals surface area contributed by atoms with Gasteiger partial charge in [-0.25, -0.2) is 4.98 Å². The highest BCUT2D eigenvalue weighted by Crippen LogP contribution is 2.36. The molecule has 1 saturated carbocycles. The Kier molecular flexibility index (Phi) is 5.27. The number of para-hydroxylation sites is 1. The Bertz CT molecular complexity index is 1610. The van der Waals surface area contributed by atoms with Crippen molar-refractivity contribution < 1.29 is 9.53 Å². The number of aromatic amines is 1. The van der Waals surface area contributed by atoms with Gasteiger partial charge in [-0.2, -0.15) is 0 Å². The van der Waals surface area contributed by atoms with Gasteiger partial charge in [-0.05, 0) is 72.0 Å². The maximum Gasteiger partial charge on any atom is 0.225 e. The fourth-order valence-corrected chi connectivity index (χ4v) is 5.76. The molecule has 3 aromatic carbocycles. The summed E-state index contributed by atoms with van der Waals surface area (Å²) in [6, 6.07) is 23.4. The number of ether oxygens (including phenoxy) is 1. The molecule has 2 fully saturated rings. The van der Waals surface area contributed by atoms with Crippen LogP contribution >= 0.6 is 0 Å². The summed E-state index contributed by atoms with van der Waals surface area (Å²) in [5.74, 6) is 2.78. The van der Waals surface area contributed by atoms with E-state index in [1.165, 1.54) is 16.5 Å². The third-order valence-electron chi connectivity index (χ3n) is 7.96. The molecule has 6 heteroatoms. The summed E-state index contributed by atoms with van der Waals surface area (Å²) in [5.41, 5.74) is 6.55. The topological polar surface area (TPSA) is 63.1 Å². The van der Waals surface area contributed by atoms with Crippen molar-refractivity contribution in [3.63, 3.8) is 0 Å². The number of methoxy groups -OCH3 is 1. The van der Waals surface area contributed by atoms with Crippen molar-refractivity contribution in [2.45, 2.75) is 25.8 Å². The van der Waals surface area contributed by atoms with Crippen LogP contribution in [0.4, 0.5) is 0 Å². The minimum Gasteiger partial charge on any atom is -0.494 e. The van der Waals surface area contributed by atoms with E-state index < -0.39 is 0 Å². The molecule has 1 amide bonds. The highest BCUT2D eigenvalue weighted by molar-refractivity contribution is 5.87. The van der Waals surface area contributed by atoms with Gasteiger partial charge in [0.25, 0.3) is 0 Å². The number of fused-ring (bicyclic) bond motifs is 2. The van der Waals surface area contributed by atoms with Gasteiger partial charge in [0.2, 0.25) is 5.91 Å². The second-order valence-electron chi connectivity index (χ2n) is 10.4. The second kappa shape index (κ2) is 8.80. The second-order valence-corrected chi connectivity index (χ2v) is 10.4. The molecule has 1 aliphatic heterocycles. The predicted octanol–water partition coefficient (Wildman–Crippen LogP) is 6.12. The highest BCUT2D eigenvalue weighted by atomic mass is 16.5.